The maximum atomic E-state index is 12.2. The lowest BCUT2D eigenvalue weighted by atomic mass is 10.1. The summed E-state index contributed by atoms with van der Waals surface area (Å²) in [6.45, 7) is 2.86. The van der Waals surface area contributed by atoms with Gasteiger partial charge in [0.15, 0.2) is 6.61 Å². The number of carbonyl (C=O) groups is 2. The van der Waals surface area contributed by atoms with E-state index in [2.05, 4.69) is 10.1 Å². The quantitative estimate of drug-likeness (QED) is 0.514. The van der Waals surface area contributed by atoms with Gasteiger partial charge >= 0.3 is 11.6 Å². The standard InChI is InChI=1S/C20H16N2O7/c1-10-6-17(24)29-15-7-12(4-5-13(10)15)27-9-16(23)22-19-14(8-21)18(11(2)28-19)20(25)26-3/h4-7H,9H2,1-3H3,(H,22,23). The number of benzene rings is 1. The van der Waals surface area contributed by atoms with Crippen LogP contribution in [-0.2, 0) is 9.53 Å². The van der Waals surface area contributed by atoms with Crippen LogP contribution in [0.25, 0.3) is 11.0 Å². The lowest BCUT2D eigenvalue weighted by molar-refractivity contribution is -0.118. The predicted molar refractivity (Wildman–Crippen MR) is 101 cm³/mol. The topological polar surface area (TPSA) is 132 Å². The fourth-order valence-electron chi connectivity index (χ4n) is 2.79. The molecule has 1 amide bonds. The van der Waals surface area contributed by atoms with Crippen LogP contribution < -0.4 is 15.7 Å². The molecule has 9 heteroatoms. The molecule has 0 saturated carbocycles. The van der Waals surface area contributed by atoms with Crippen molar-refractivity contribution in [1.29, 1.82) is 5.26 Å². The first-order chi connectivity index (χ1) is 13.8. The zero-order chi connectivity index (χ0) is 21.1. The van der Waals surface area contributed by atoms with Crippen LogP contribution in [-0.4, -0.2) is 25.6 Å². The zero-order valence-corrected chi connectivity index (χ0v) is 15.8. The van der Waals surface area contributed by atoms with Gasteiger partial charge in [-0.2, -0.15) is 5.26 Å². The number of amides is 1. The SMILES string of the molecule is COC(=O)c1c(C)oc(NC(=O)COc2ccc3c(C)cc(=O)oc3c2)c1C#N. The highest BCUT2D eigenvalue weighted by molar-refractivity contribution is 5.98. The van der Waals surface area contributed by atoms with Gasteiger partial charge in [0, 0.05) is 17.5 Å². The van der Waals surface area contributed by atoms with E-state index >= 15 is 0 Å². The Morgan fingerprint density at radius 2 is 1.97 bits per heavy atom. The average Bonchev–Trinajstić information content (AvgIpc) is 2.99. The summed E-state index contributed by atoms with van der Waals surface area (Å²) in [7, 11) is 1.18. The summed E-state index contributed by atoms with van der Waals surface area (Å²) < 4.78 is 20.5. The Balaban J connectivity index is 1.74. The van der Waals surface area contributed by atoms with E-state index in [4.69, 9.17) is 13.6 Å². The van der Waals surface area contributed by atoms with E-state index in [0.717, 1.165) is 10.9 Å². The van der Waals surface area contributed by atoms with Crippen molar-refractivity contribution in [3.8, 4) is 11.8 Å². The molecule has 9 nitrogen and oxygen atoms in total. The predicted octanol–water partition coefficient (Wildman–Crippen LogP) is 2.68. The van der Waals surface area contributed by atoms with Crippen LogP contribution in [0.15, 0.2) is 37.9 Å². The number of furan rings is 1. The third-order valence-corrected chi connectivity index (χ3v) is 4.13. The van der Waals surface area contributed by atoms with Crippen molar-refractivity contribution >= 4 is 28.7 Å². The van der Waals surface area contributed by atoms with Crippen LogP contribution >= 0.6 is 0 Å². The molecule has 3 aromatic rings. The van der Waals surface area contributed by atoms with E-state index in [-0.39, 0.29) is 22.8 Å². The average molecular weight is 396 g/mol. The number of nitriles is 1. The molecule has 0 atom stereocenters. The number of aryl methyl sites for hydroxylation is 2. The minimum absolute atomic E-state index is 0.0499. The number of anilines is 1. The van der Waals surface area contributed by atoms with Crippen LogP contribution in [0.5, 0.6) is 5.75 Å². The fourth-order valence-corrected chi connectivity index (χ4v) is 2.79. The molecule has 0 saturated heterocycles. The van der Waals surface area contributed by atoms with E-state index in [1.54, 1.807) is 19.1 Å². The number of hydrogen-bond donors (Lipinski definition) is 1. The van der Waals surface area contributed by atoms with Gasteiger partial charge in [0.05, 0.1) is 7.11 Å². The number of fused-ring (bicyclic) bond motifs is 1. The van der Waals surface area contributed by atoms with Crippen molar-refractivity contribution in [2.24, 2.45) is 0 Å². The van der Waals surface area contributed by atoms with Crippen molar-refractivity contribution in [3.05, 3.63) is 57.1 Å². The maximum Gasteiger partial charge on any atom is 0.342 e. The Labute approximate surface area is 164 Å². The first-order valence-electron chi connectivity index (χ1n) is 8.43. The van der Waals surface area contributed by atoms with Gasteiger partial charge in [0.2, 0.25) is 5.88 Å². The normalized spacial score (nSPS) is 10.4. The molecule has 0 radical (unpaired) electrons. The van der Waals surface area contributed by atoms with E-state index in [1.165, 1.54) is 26.2 Å². The summed E-state index contributed by atoms with van der Waals surface area (Å²) in [6, 6.07) is 8.06. The summed E-state index contributed by atoms with van der Waals surface area (Å²) >= 11 is 0. The first-order valence-corrected chi connectivity index (χ1v) is 8.43. The molecule has 1 N–H and O–H groups in total. The number of carbonyl (C=O) groups excluding carboxylic acids is 2. The molecule has 0 aliphatic rings. The lowest BCUT2D eigenvalue weighted by Crippen LogP contribution is -2.20. The number of hydrogen-bond acceptors (Lipinski definition) is 8. The van der Waals surface area contributed by atoms with Crippen LogP contribution in [0.3, 0.4) is 0 Å². The van der Waals surface area contributed by atoms with Gasteiger partial charge in [-0.3, -0.25) is 10.1 Å². The molecule has 2 aromatic heterocycles. The molecule has 148 valence electrons. The first kappa shape index (κ1) is 19.7. The second kappa shape index (κ2) is 7.90. The molecule has 0 aliphatic heterocycles. The summed E-state index contributed by atoms with van der Waals surface area (Å²) in [5.74, 6) is -1.07. The Morgan fingerprint density at radius 1 is 1.21 bits per heavy atom. The molecule has 2 heterocycles. The minimum atomic E-state index is -0.743. The van der Waals surface area contributed by atoms with Crippen molar-refractivity contribution < 1.29 is 27.9 Å². The van der Waals surface area contributed by atoms with E-state index < -0.39 is 24.1 Å². The summed E-state index contributed by atoms with van der Waals surface area (Å²) in [5.41, 5.74) is 0.434. The van der Waals surface area contributed by atoms with Gasteiger partial charge in [0.1, 0.15) is 34.3 Å². The number of nitrogens with one attached hydrogen (secondary N) is 1. The number of ether oxygens (including phenoxy) is 2. The van der Waals surface area contributed by atoms with Crippen LogP contribution in [0.2, 0.25) is 0 Å². The molecule has 0 aliphatic carbocycles. The van der Waals surface area contributed by atoms with Gasteiger partial charge in [-0.1, -0.05) is 0 Å². The fraction of sp³-hybridized carbons (Fsp3) is 0.200. The summed E-state index contributed by atoms with van der Waals surface area (Å²) in [4.78, 5) is 35.5. The van der Waals surface area contributed by atoms with Crippen molar-refractivity contribution in [3.63, 3.8) is 0 Å². The number of methoxy groups -OCH3 is 1. The minimum Gasteiger partial charge on any atom is -0.484 e. The van der Waals surface area contributed by atoms with E-state index in [1.807, 2.05) is 6.07 Å². The van der Waals surface area contributed by atoms with Crippen LogP contribution in [0, 0.1) is 25.2 Å². The smallest absolute Gasteiger partial charge is 0.342 e. The lowest BCUT2D eigenvalue weighted by Gasteiger charge is -2.07. The Kier molecular flexibility index (Phi) is 5.36. The summed E-state index contributed by atoms with van der Waals surface area (Å²) in [6.07, 6.45) is 0. The summed E-state index contributed by atoms with van der Waals surface area (Å²) in [5, 5.41) is 12.4. The van der Waals surface area contributed by atoms with E-state index in [9.17, 15) is 19.6 Å². The monoisotopic (exact) mass is 396 g/mol. The largest absolute Gasteiger partial charge is 0.484 e. The molecule has 0 unspecified atom stereocenters. The third kappa shape index (κ3) is 3.96. The van der Waals surface area contributed by atoms with E-state index in [0.29, 0.717) is 11.3 Å². The van der Waals surface area contributed by atoms with Crippen molar-refractivity contribution in [1.82, 2.24) is 0 Å². The molecule has 29 heavy (non-hydrogen) atoms. The number of nitrogens with zero attached hydrogens (tertiary/aromatic N) is 1. The molecule has 3 rings (SSSR count). The van der Waals surface area contributed by atoms with Crippen LogP contribution in [0.1, 0.15) is 27.2 Å². The molecule has 0 fully saturated rings. The molecular weight excluding hydrogens is 380 g/mol. The van der Waals surface area contributed by atoms with Gasteiger partial charge in [0.25, 0.3) is 5.91 Å². The highest BCUT2D eigenvalue weighted by atomic mass is 16.5. The number of rotatable bonds is 5. The Hall–Kier alpha value is -4.06. The third-order valence-electron chi connectivity index (χ3n) is 4.13. The molecular formula is C20H16N2O7. The highest BCUT2D eigenvalue weighted by Crippen LogP contribution is 2.27. The molecule has 0 spiro atoms. The van der Waals surface area contributed by atoms with Gasteiger partial charge in [-0.25, -0.2) is 9.59 Å². The zero-order valence-electron chi connectivity index (χ0n) is 15.8. The van der Waals surface area contributed by atoms with Crippen molar-refractivity contribution in [2.75, 3.05) is 19.0 Å². The van der Waals surface area contributed by atoms with Gasteiger partial charge in [-0.05, 0) is 31.5 Å². The second-order valence-electron chi connectivity index (χ2n) is 6.08. The van der Waals surface area contributed by atoms with Gasteiger partial charge in [-0.15, -0.1) is 0 Å². The number of esters is 1. The Bertz CT molecular complexity index is 1210. The second-order valence-corrected chi connectivity index (χ2v) is 6.08. The Morgan fingerprint density at radius 3 is 2.66 bits per heavy atom. The van der Waals surface area contributed by atoms with Crippen molar-refractivity contribution in [2.45, 2.75) is 13.8 Å². The molecule has 1 aromatic carbocycles. The molecule has 0 bridgehead atoms. The van der Waals surface area contributed by atoms with Crippen LogP contribution in [0.4, 0.5) is 5.88 Å². The maximum absolute atomic E-state index is 12.2. The van der Waals surface area contributed by atoms with Gasteiger partial charge < -0.3 is 18.3 Å². The highest BCUT2D eigenvalue weighted by Gasteiger charge is 2.25.